The number of rotatable bonds is 7. The normalized spacial score (nSPS) is 12.6. The quantitative estimate of drug-likeness (QED) is 0.161. The van der Waals surface area contributed by atoms with E-state index in [1.54, 1.807) is 0 Å². The van der Waals surface area contributed by atoms with Crippen molar-refractivity contribution in [1.29, 1.82) is 0 Å². The van der Waals surface area contributed by atoms with Gasteiger partial charge in [0.1, 0.15) is 0 Å². The minimum absolute atomic E-state index is 0.0133. The summed E-state index contributed by atoms with van der Waals surface area (Å²) >= 11 is 0. The van der Waals surface area contributed by atoms with Crippen molar-refractivity contribution in [3.63, 3.8) is 0 Å². The van der Waals surface area contributed by atoms with Gasteiger partial charge < -0.3 is 0 Å². The lowest BCUT2D eigenvalue weighted by Gasteiger charge is -2.21. The average molecular weight is 779 g/mol. The summed E-state index contributed by atoms with van der Waals surface area (Å²) in [5.74, 6) is 0.708. The van der Waals surface area contributed by atoms with Gasteiger partial charge >= 0.3 is 0 Å². The molecule has 0 fully saturated rings. The van der Waals surface area contributed by atoms with E-state index < -0.39 is 0 Å². The lowest BCUT2D eigenvalue weighted by atomic mass is 9.82. The van der Waals surface area contributed by atoms with Crippen molar-refractivity contribution < 1.29 is 0 Å². The van der Waals surface area contributed by atoms with Crippen LogP contribution in [0.25, 0.3) is 100 Å². The summed E-state index contributed by atoms with van der Waals surface area (Å²) in [4.78, 5) is 10.3. The van der Waals surface area contributed by atoms with Crippen molar-refractivity contribution in [3.8, 4) is 89.5 Å². The second kappa shape index (κ2) is 14.9. The lowest BCUT2D eigenvalue weighted by Crippen LogP contribution is -2.14. The molecule has 2 nitrogen and oxygen atoms in total. The predicted octanol–water partition coefficient (Wildman–Crippen LogP) is 15.6. The molecule has 0 saturated heterocycles. The van der Waals surface area contributed by atoms with Crippen LogP contribution < -0.4 is 0 Å². The number of hydrogen-bond acceptors (Lipinski definition) is 2. The number of fused-ring (bicyclic) bond motifs is 4. The van der Waals surface area contributed by atoms with Gasteiger partial charge in [-0.1, -0.05) is 220 Å². The van der Waals surface area contributed by atoms with Crippen LogP contribution in [0.15, 0.2) is 218 Å². The zero-order valence-corrected chi connectivity index (χ0v) is 34.2. The minimum Gasteiger partial charge on any atom is -0.228 e. The van der Waals surface area contributed by atoms with Crippen LogP contribution in [0.5, 0.6) is 0 Å². The molecule has 0 N–H and O–H groups in total. The Balaban J connectivity index is 0.908. The fourth-order valence-corrected chi connectivity index (χ4v) is 9.28. The van der Waals surface area contributed by atoms with Crippen LogP contribution in [-0.2, 0) is 5.41 Å². The molecular formula is C59H42N2. The molecule has 0 atom stereocenters. The third kappa shape index (κ3) is 6.54. The summed E-state index contributed by atoms with van der Waals surface area (Å²) in [5, 5.41) is 2.34. The topological polar surface area (TPSA) is 25.8 Å². The first kappa shape index (κ1) is 36.4. The molecule has 10 aromatic rings. The van der Waals surface area contributed by atoms with Crippen molar-refractivity contribution in [2.75, 3.05) is 0 Å². The van der Waals surface area contributed by atoms with E-state index in [1.165, 1.54) is 72.1 Å². The van der Waals surface area contributed by atoms with Crippen LogP contribution in [0.2, 0.25) is 0 Å². The van der Waals surface area contributed by atoms with E-state index in [1.807, 2.05) is 24.3 Å². The highest BCUT2D eigenvalue weighted by Crippen LogP contribution is 2.49. The number of hydrogen-bond donors (Lipinski definition) is 0. The molecule has 0 aliphatic heterocycles. The minimum atomic E-state index is 0.0133. The van der Waals surface area contributed by atoms with Gasteiger partial charge in [-0.05, 0) is 89.7 Å². The zero-order valence-electron chi connectivity index (χ0n) is 34.2. The molecule has 0 radical (unpaired) electrons. The van der Waals surface area contributed by atoms with Crippen LogP contribution in [0.4, 0.5) is 0 Å². The Morgan fingerprint density at radius 2 is 0.721 bits per heavy atom. The van der Waals surface area contributed by atoms with Crippen LogP contribution in [0, 0.1) is 0 Å². The van der Waals surface area contributed by atoms with Gasteiger partial charge in [-0.3, -0.25) is 0 Å². The Hall–Kier alpha value is -7.68. The first-order valence-corrected chi connectivity index (χ1v) is 21.1. The molecule has 61 heavy (non-hydrogen) atoms. The van der Waals surface area contributed by atoms with E-state index in [2.05, 4.69) is 208 Å². The maximum atomic E-state index is 5.21. The van der Waals surface area contributed by atoms with Crippen LogP contribution in [0.1, 0.15) is 25.0 Å². The summed E-state index contributed by atoms with van der Waals surface area (Å²) < 4.78 is 0. The summed E-state index contributed by atoms with van der Waals surface area (Å²) in [7, 11) is 0. The Labute approximate surface area is 357 Å². The maximum absolute atomic E-state index is 5.21. The monoisotopic (exact) mass is 778 g/mol. The van der Waals surface area contributed by atoms with Crippen molar-refractivity contribution in [2.24, 2.45) is 0 Å². The van der Waals surface area contributed by atoms with Crippen molar-refractivity contribution in [1.82, 2.24) is 9.97 Å². The molecule has 288 valence electrons. The Morgan fingerprint density at radius 3 is 1.38 bits per heavy atom. The zero-order chi connectivity index (χ0) is 40.9. The highest BCUT2D eigenvalue weighted by molar-refractivity contribution is 6.05. The van der Waals surface area contributed by atoms with Gasteiger partial charge in [-0.2, -0.15) is 0 Å². The SMILES string of the molecule is CC1(C)c2ccccc2-c2cc(-c3ccc(-c4ccc(-c5ccc(-c6cc(-c7ccc(-c8ccccc8)cc7)nc(-c7ccccc7)n6)c6ccccc56)cc4)cc3)ccc21. The molecule has 1 aromatic heterocycles. The highest BCUT2D eigenvalue weighted by Gasteiger charge is 2.35. The van der Waals surface area contributed by atoms with Crippen molar-refractivity contribution in [2.45, 2.75) is 19.3 Å². The molecule has 1 aliphatic rings. The van der Waals surface area contributed by atoms with Gasteiger partial charge in [0.15, 0.2) is 5.82 Å². The second-order valence-corrected chi connectivity index (χ2v) is 16.6. The van der Waals surface area contributed by atoms with E-state index in [0.29, 0.717) is 5.82 Å². The van der Waals surface area contributed by atoms with E-state index in [-0.39, 0.29) is 5.41 Å². The molecule has 11 rings (SSSR count). The average Bonchev–Trinajstić information content (AvgIpc) is 3.57. The van der Waals surface area contributed by atoms with E-state index in [0.717, 1.165) is 33.5 Å². The van der Waals surface area contributed by atoms with Gasteiger partial charge in [0, 0.05) is 22.1 Å². The van der Waals surface area contributed by atoms with Crippen molar-refractivity contribution in [3.05, 3.63) is 230 Å². The van der Waals surface area contributed by atoms with Crippen molar-refractivity contribution >= 4 is 10.8 Å². The third-order valence-corrected chi connectivity index (χ3v) is 12.6. The van der Waals surface area contributed by atoms with Gasteiger partial charge in [-0.25, -0.2) is 9.97 Å². The van der Waals surface area contributed by atoms with Gasteiger partial charge in [0.05, 0.1) is 11.4 Å². The van der Waals surface area contributed by atoms with Crippen LogP contribution >= 0.6 is 0 Å². The number of nitrogens with zero attached hydrogens (tertiary/aromatic N) is 2. The van der Waals surface area contributed by atoms with E-state index in [4.69, 9.17) is 9.97 Å². The fraction of sp³-hybridized carbons (Fsp3) is 0.0508. The Bertz CT molecular complexity index is 3220. The molecular weight excluding hydrogens is 737 g/mol. The number of aromatic nitrogens is 2. The van der Waals surface area contributed by atoms with E-state index in [9.17, 15) is 0 Å². The summed E-state index contributed by atoms with van der Waals surface area (Å²) in [6, 6.07) is 78.5. The van der Waals surface area contributed by atoms with Gasteiger partial charge in [0.25, 0.3) is 0 Å². The van der Waals surface area contributed by atoms with Crippen LogP contribution in [0.3, 0.4) is 0 Å². The maximum Gasteiger partial charge on any atom is 0.160 e. The molecule has 0 bridgehead atoms. The smallest absolute Gasteiger partial charge is 0.160 e. The molecule has 0 unspecified atom stereocenters. The first-order valence-electron chi connectivity index (χ1n) is 21.1. The van der Waals surface area contributed by atoms with Crippen LogP contribution in [-0.4, -0.2) is 9.97 Å². The third-order valence-electron chi connectivity index (χ3n) is 12.6. The molecule has 0 saturated carbocycles. The van der Waals surface area contributed by atoms with Gasteiger partial charge in [-0.15, -0.1) is 0 Å². The first-order chi connectivity index (χ1) is 30.0. The second-order valence-electron chi connectivity index (χ2n) is 16.6. The van der Waals surface area contributed by atoms with E-state index >= 15 is 0 Å². The summed E-state index contributed by atoms with van der Waals surface area (Å²) in [6.07, 6.45) is 0. The molecule has 0 amide bonds. The highest BCUT2D eigenvalue weighted by atomic mass is 14.9. The Morgan fingerprint density at radius 1 is 0.279 bits per heavy atom. The summed E-state index contributed by atoms with van der Waals surface area (Å²) in [5.41, 5.74) is 20.0. The standard InChI is InChI=1S/C59H42N2/c1-59(2)54-20-12-11-19-51(54)53-37-47(33-36-55(53)59)43-23-21-41(22-24-43)42-25-29-44(30-26-42)48-34-35-52(50-18-10-9-17-49(48)50)57-38-56(60-58(61-57)46-15-7-4-8-16-46)45-31-27-40(28-32-45)39-13-5-3-6-14-39/h3-38H,1-2H3. The number of benzene rings is 9. The molecule has 2 heteroatoms. The molecule has 1 heterocycles. The lowest BCUT2D eigenvalue weighted by molar-refractivity contribution is 0.660. The van der Waals surface area contributed by atoms with Gasteiger partial charge in [0.2, 0.25) is 0 Å². The Kier molecular flexibility index (Phi) is 8.86. The fourth-order valence-electron chi connectivity index (χ4n) is 9.28. The largest absolute Gasteiger partial charge is 0.228 e. The molecule has 9 aromatic carbocycles. The molecule has 0 spiro atoms. The predicted molar refractivity (Wildman–Crippen MR) is 255 cm³/mol. The molecule has 1 aliphatic carbocycles. The summed E-state index contributed by atoms with van der Waals surface area (Å²) in [6.45, 7) is 4.66.